The summed E-state index contributed by atoms with van der Waals surface area (Å²) in [5.74, 6) is 0. The smallest absolute Gasteiger partial charge is 0.0221 e. The predicted molar refractivity (Wildman–Crippen MR) is 48.5 cm³/mol. The highest BCUT2D eigenvalue weighted by atomic mass is 15.2. The molecule has 1 heterocycles. The Morgan fingerprint density at radius 1 is 1.45 bits per heavy atom. The SMILES string of the molecule is CC(C)N1CCCC[C@@H]1CN. The molecule has 66 valence electrons. The summed E-state index contributed by atoms with van der Waals surface area (Å²) in [6.07, 6.45) is 4.02. The molecular weight excluding hydrogens is 136 g/mol. The van der Waals surface area contributed by atoms with Crippen LogP contribution in [0, 0.1) is 0 Å². The maximum absolute atomic E-state index is 5.69. The zero-order chi connectivity index (χ0) is 8.27. The van der Waals surface area contributed by atoms with Crippen molar-refractivity contribution >= 4 is 0 Å². The van der Waals surface area contributed by atoms with E-state index in [1.165, 1.54) is 25.8 Å². The molecule has 0 saturated carbocycles. The second-order valence-electron chi connectivity index (χ2n) is 3.72. The summed E-state index contributed by atoms with van der Waals surface area (Å²) >= 11 is 0. The monoisotopic (exact) mass is 156 g/mol. The average molecular weight is 156 g/mol. The highest BCUT2D eigenvalue weighted by Crippen LogP contribution is 2.18. The van der Waals surface area contributed by atoms with Gasteiger partial charge in [-0.25, -0.2) is 0 Å². The molecule has 1 saturated heterocycles. The minimum Gasteiger partial charge on any atom is -0.329 e. The molecule has 0 unspecified atom stereocenters. The maximum atomic E-state index is 5.69. The number of rotatable bonds is 2. The van der Waals surface area contributed by atoms with E-state index in [0.29, 0.717) is 12.1 Å². The minimum absolute atomic E-state index is 0.656. The third kappa shape index (κ3) is 2.17. The lowest BCUT2D eigenvalue weighted by Crippen LogP contribution is -2.47. The van der Waals surface area contributed by atoms with E-state index < -0.39 is 0 Å². The largest absolute Gasteiger partial charge is 0.329 e. The van der Waals surface area contributed by atoms with Crippen LogP contribution in [0.1, 0.15) is 33.1 Å². The van der Waals surface area contributed by atoms with Gasteiger partial charge in [0.05, 0.1) is 0 Å². The van der Waals surface area contributed by atoms with Crippen LogP contribution in [0.3, 0.4) is 0 Å². The Hall–Kier alpha value is -0.0800. The van der Waals surface area contributed by atoms with Crippen molar-refractivity contribution in [3.8, 4) is 0 Å². The van der Waals surface area contributed by atoms with Crippen LogP contribution in [0.2, 0.25) is 0 Å². The molecule has 0 bridgehead atoms. The van der Waals surface area contributed by atoms with Gasteiger partial charge < -0.3 is 5.73 Å². The molecule has 0 aromatic heterocycles. The van der Waals surface area contributed by atoms with Crippen LogP contribution in [-0.2, 0) is 0 Å². The van der Waals surface area contributed by atoms with Crippen molar-refractivity contribution in [2.75, 3.05) is 13.1 Å². The molecule has 1 aliphatic heterocycles. The molecule has 2 heteroatoms. The lowest BCUT2D eigenvalue weighted by atomic mass is 10.0. The molecule has 0 aliphatic carbocycles. The second kappa shape index (κ2) is 4.07. The Bertz CT molecular complexity index is 112. The molecular formula is C9H20N2. The third-order valence-electron chi connectivity index (χ3n) is 2.61. The maximum Gasteiger partial charge on any atom is 0.0221 e. The van der Waals surface area contributed by atoms with Crippen LogP contribution in [-0.4, -0.2) is 30.1 Å². The van der Waals surface area contributed by atoms with Crippen LogP contribution in [0.4, 0.5) is 0 Å². The van der Waals surface area contributed by atoms with E-state index in [9.17, 15) is 0 Å². The van der Waals surface area contributed by atoms with Gasteiger partial charge in [-0.15, -0.1) is 0 Å². The molecule has 2 N–H and O–H groups in total. The van der Waals surface area contributed by atoms with Crippen LogP contribution < -0.4 is 5.73 Å². The van der Waals surface area contributed by atoms with Crippen LogP contribution in [0.5, 0.6) is 0 Å². The first-order chi connectivity index (χ1) is 5.25. The van der Waals surface area contributed by atoms with Gasteiger partial charge in [0.2, 0.25) is 0 Å². The lowest BCUT2D eigenvalue weighted by molar-refractivity contribution is 0.117. The summed E-state index contributed by atoms with van der Waals surface area (Å²) in [6.45, 7) is 6.60. The minimum atomic E-state index is 0.656. The molecule has 1 rings (SSSR count). The first-order valence-electron chi connectivity index (χ1n) is 4.71. The summed E-state index contributed by atoms with van der Waals surface area (Å²) in [4.78, 5) is 2.53. The number of nitrogens with two attached hydrogens (primary N) is 1. The van der Waals surface area contributed by atoms with Crippen molar-refractivity contribution in [1.29, 1.82) is 0 Å². The van der Waals surface area contributed by atoms with E-state index >= 15 is 0 Å². The highest BCUT2D eigenvalue weighted by Gasteiger charge is 2.22. The van der Waals surface area contributed by atoms with Gasteiger partial charge in [0.1, 0.15) is 0 Å². The van der Waals surface area contributed by atoms with Gasteiger partial charge in [-0.05, 0) is 33.2 Å². The Labute approximate surface area is 69.8 Å². The van der Waals surface area contributed by atoms with Gasteiger partial charge in [0.15, 0.2) is 0 Å². The number of nitrogens with zero attached hydrogens (tertiary/aromatic N) is 1. The Morgan fingerprint density at radius 3 is 2.64 bits per heavy atom. The molecule has 0 amide bonds. The van der Waals surface area contributed by atoms with Crippen molar-refractivity contribution in [3.05, 3.63) is 0 Å². The van der Waals surface area contributed by atoms with E-state index in [1.54, 1.807) is 0 Å². The molecule has 11 heavy (non-hydrogen) atoms. The summed E-state index contributed by atoms with van der Waals surface area (Å²) in [6, 6.07) is 1.33. The quantitative estimate of drug-likeness (QED) is 0.651. The summed E-state index contributed by atoms with van der Waals surface area (Å²) in [5.41, 5.74) is 5.69. The third-order valence-corrected chi connectivity index (χ3v) is 2.61. The summed E-state index contributed by atoms with van der Waals surface area (Å²) < 4.78 is 0. The van der Waals surface area contributed by atoms with Crippen molar-refractivity contribution in [2.45, 2.75) is 45.2 Å². The first kappa shape index (κ1) is 9.01. The van der Waals surface area contributed by atoms with Gasteiger partial charge in [-0.2, -0.15) is 0 Å². The van der Waals surface area contributed by atoms with Gasteiger partial charge in [0.25, 0.3) is 0 Å². The summed E-state index contributed by atoms with van der Waals surface area (Å²) in [7, 11) is 0. The molecule has 0 aromatic carbocycles. The predicted octanol–water partition coefficient (Wildman–Crippen LogP) is 1.21. The molecule has 0 radical (unpaired) electrons. The van der Waals surface area contributed by atoms with Crippen molar-refractivity contribution in [2.24, 2.45) is 5.73 Å². The van der Waals surface area contributed by atoms with E-state index in [4.69, 9.17) is 5.73 Å². The fourth-order valence-corrected chi connectivity index (χ4v) is 1.96. The lowest BCUT2D eigenvalue weighted by Gasteiger charge is -2.37. The van der Waals surface area contributed by atoms with E-state index in [-0.39, 0.29) is 0 Å². The van der Waals surface area contributed by atoms with E-state index in [1.807, 2.05) is 0 Å². The molecule has 0 spiro atoms. The standard InChI is InChI=1S/C9H20N2/c1-8(2)11-6-4-3-5-9(11)7-10/h8-9H,3-7,10H2,1-2H3/t9-/m1/s1. The van der Waals surface area contributed by atoms with Crippen LogP contribution in [0.15, 0.2) is 0 Å². The Balaban J connectivity index is 2.44. The van der Waals surface area contributed by atoms with Gasteiger partial charge in [-0.1, -0.05) is 6.42 Å². The van der Waals surface area contributed by atoms with Gasteiger partial charge >= 0.3 is 0 Å². The Kier molecular flexibility index (Phi) is 3.34. The summed E-state index contributed by atoms with van der Waals surface area (Å²) in [5, 5.41) is 0. The molecule has 0 aromatic rings. The van der Waals surface area contributed by atoms with Crippen molar-refractivity contribution in [3.63, 3.8) is 0 Å². The number of piperidine rings is 1. The van der Waals surface area contributed by atoms with Crippen LogP contribution >= 0.6 is 0 Å². The molecule has 1 fully saturated rings. The number of hydrogen-bond acceptors (Lipinski definition) is 2. The molecule has 1 atom stereocenters. The average Bonchev–Trinajstić information content (AvgIpc) is 2.04. The number of hydrogen-bond donors (Lipinski definition) is 1. The van der Waals surface area contributed by atoms with Crippen molar-refractivity contribution < 1.29 is 0 Å². The molecule has 1 aliphatic rings. The van der Waals surface area contributed by atoms with E-state index in [0.717, 1.165) is 6.54 Å². The van der Waals surface area contributed by atoms with E-state index in [2.05, 4.69) is 18.7 Å². The molecule has 2 nitrogen and oxygen atoms in total. The van der Waals surface area contributed by atoms with Crippen LogP contribution in [0.25, 0.3) is 0 Å². The normalized spacial score (nSPS) is 27.8. The van der Waals surface area contributed by atoms with Gasteiger partial charge in [0, 0.05) is 18.6 Å². The topological polar surface area (TPSA) is 29.3 Å². The van der Waals surface area contributed by atoms with Crippen molar-refractivity contribution in [1.82, 2.24) is 4.90 Å². The first-order valence-corrected chi connectivity index (χ1v) is 4.71. The Morgan fingerprint density at radius 2 is 2.18 bits per heavy atom. The second-order valence-corrected chi connectivity index (χ2v) is 3.72. The fraction of sp³-hybridized carbons (Fsp3) is 1.00. The highest BCUT2D eigenvalue weighted by molar-refractivity contribution is 4.79. The van der Waals surface area contributed by atoms with Gasteiger partial charge in [-0.3, -0.25) is 4.90 Å². The zero-order valence-corrected chi connectivity index (χ0v) is 7.71. The number of likely N-dealkylation sites (tertiary alicyclic amines) is 1. The zero-order valence-electron chi connectivity index (χ0n) is 7.71. The fourth-order valence-electron chi connectivity index (χ4n) is 1.96.